The molecular weight excluding hydrogens is 236 g/mol. The van der Waals surface area contributed by atoms with Crippen molar-refractivity contribution in [3.05, 3.63) is 45.9 Å². The molecule has 0 bridgehead atoms. The highest BCUT2D eigenvalue weighted by Crippen LogP contribution is 2.39. The summed E-state index contributed by atoms with van der Waals surface area (Å²) in [6, 6.07) is 0. The van der Waals surface area contributed by atoms with Crippen LogP contribution in [-0.2, 0) is 0 Å². The third-order valence-electron chi connectivity index (χ3n) is 2.81. The third-order valence-corrected chi connectivity index (χ3v) is 4.05. The van der Waals surface area contributed by atoms with Crippen molar-refractivity contribution >= 4 is 11.8 Å². The molecule has 0 aromatic carbocycles. The molecule has 0 atom stereocenters. The van der Waals surface area contributed by atoms with E-state index >= 15 is 0 Å². The van der Waals surface area contributed by atoms with Gasteiger partial charge in [-0.05, 0) is 51.2 Å². The van der Waals surface area contributed by atoms with Crippen LogP contribution in [-0.4, -0.2) is 5.25 Å². The summed E-state index contributed by atoms with van der Waals surface area (Å²) in [5.41, 5.74) is 4.42. The van der Waals surface area contributed by atoms with Crippen molar-refractivity contribution < 1.29 is 0 Å². The Labute approximate surface area is 117 Å². The zero-order valence-electron chi connectivity index (χ0n) is 12.4. The maximum Gasteiger partial charge on any atom is 0.0139 e. The lowest BCUT2D eigenvalue weighted by molar-refractivity contribution is 0.792. The molecule has 0 aliphatic heterocycles. The molecule has 1 heteroatoms. The van der Waals surface area contributed by atoms with E-state index in [1.165, 1.54) is 40.9 Å². The Balaban J connectivity index is 3.11. The van der Waals surface area contributed by atoms with Crippen LogP contribution >= 0.6 is 11.8 Å². The van der Waals surface area contributed by atoms with Crippen LogP contribution < -0.4 is 0 Å². The zero-order valence-corrected chi connectivity index (χ0v) is 13.2. The molecule has 1 aliphatic carbocycles. The number of allylic oxidation sites excluding steroid dienone is 7. The van der Waals surface area contributed by atoms with Crippen LogP contribution in [0.2, 0.25) is 0 Å². The lowest BCUT2D eigenvalue weighted by atomic mass is 9.94. The van der Waals surface area contributed by atoms with Gasteiger partial charge in [-0.15, -0.1) is 11.8 Å². The second-order valence-corrected chi connectivity index (χ2v) is 6.90. The predicted molar refractivity (Wildman–Crippen MR) is 85.9 cm³/mol. The van der Waals surface area contributed by atoms with Gasteiger partial charge in [0.2, 0.25) is 0 Å². The van der Waals surface area contributed by atoms with Crippen molar-refractivity contribution in [1.29, 1.82) is 0 Å². The second-order valence-electron chi connectivity index (χ2n) is 5.31. The molecule has 1 rings (SSSR count). The summed E-state index contributed by atoms with van der Waals surface area (Å²) in [6.07, 6.45) is 12.8. The Morgan fingerprint density at radius 3 is 2.50 bits per heavy atom. The smallest absolute Gasteiger partial charge is 0.0139 e. The average molecular weight is 262 g/mol. The zero-order chi connectivity index (χ0) is 13.5. The fourth-order valence-electron chi connectivity index (χ4n) is 2.08. The van der Waals surface area contributed by atoms with E-state index in [0.717, 1.165) is 0 Å². The first kappa shape index (κ1) is 15.4. The van der Waals surface area contributed by atoms with E-state index in [1.54, 1.807) is 0 Å². The summed E-state index contributed by atoms with van der Waals surface area (Å²) in [4.78, 5) is 1.52. The molecule has 1 aliphatic rings. The van der Waals surface area contributed by atoms with Gasteiger partial charge in [-0.25, -0.2) is 0 Å². The lowest BCUT2D eigenvalue weighted by Crippen LogP contribution is -2.02. The van der Waals surface area contributed by atoms with Gasteiger partial charge in [-0.3, -0.25) is 0 Å². The van der Waals surface area contributed by atoms with E-state index in [0.29, 0.717) is 5.25 Å². The molecule has 0 aromatic heterocycles. The Morgan fingerprint density at radius 1 is 1.22 bits per heavy atom. The molecule has 0 spiro atoms. The molecule has 0 amide bonds. The SMILES string of the molecule is C/C=C/C1=C(SC(C)C)C(=C/C=C(C)C)/CCC1. The number of hydrogen-bond acceptors (Lipinski definition) is 1. The Kier molecular flexibility index (Phi) is 6.56. The van der Waals surface area contributed by atoms with Crippen molar-refractivity contribution in [3.63, 3.8) is 0 Å². The number of rotatable bonds is 4. The highest BCUT2D eigenvalue weighted by atomic mass is 32.2. The summed E-state index contributed by atoms with van der Waals surface area (Å²) in [5.74, 6) is 0. The van der Waals surface area contributed by atoms with Gasteiger partial charge < -0.3 is 0 Å². The van der Waals surface area contributed by atoms with E-state index in [1.807, 2.05) is 11.8 Å². The maximum atomic E-state index is 2.32. The van der Waals surface area contributed by atoms with E-state index < -0.39 is 0 Å². The highest BCUT2D eigenvalue weighted by molar-refractivity contribution is 8.03. The quantitative estimate of drug-likeness (QED) is 0.595. The minimum Gasteiger partial charge on any atom is -0.123 e. The normalized spacial score (nSPS) is 19.1. The summed E-state index contributed by atoms with van der Waals surface area (Å²) >= 11 is 2.01. The fraction of sp³-hybridized carbons (Fsp3) is 0.529. The van der Waals surface area contributed by atoms with E-state index in [9.17, 15) is 0 Å². The van der Waals surface area contributed by atoms with Crippen molar-refractivity contribution in [2.24, 2.45) is 0 Å². The molecule has 0 fully saturated rings. The predicted octanol–water partition coefficient (Wildman–Crippen LogP) is 6.03. The van der Waals surface area contributed by atoms with E-state index in [2.05, 4.69) is 58.9 Å². The summed E-state index contributed by atoms with van der Waals surface area (Å²) in [7, 11) is 0. The van der Waals surface area contributed by atoms with Gasteiger partial charge in [0, 0.05) is 10.2 Å². The average Bonchev–Trinajstić information content (AvgIpc) is 2.29. The minimum absolute atomic E-state index is 0.647. The van der Waals surface area contributed by atoms with Crippen LogP contribution in [0.1, 0.15) is 53.9 Å². The standard InChI is InChI=1S/C17H26S/c1-6-8-15-9-7-10-16(12-11-13(2)3)17(15)18-14(4)5/h6,8,11-12,14H,7,9-10H2,1-5H3/b8-6+,16-12+. The Hall–Kier alpha value is -0.690. The molecule has 0 unspecified atom stereocenters. The molecule has 100 valence electrons. The largest absolute Gasteiger partial charge is 0.123 e. The summed E-state index contributed by atoms with van der Waals surface area (Å²) in [6.45, 7) is 11.0. The van der Waals surface area contributed by atoms with Gasteiger partial charge in [0.15, 0.2) is 0 Å². The summed E-state index contributed by atoms with van der Waals surface area (Å²) < 4.78 is 0. The van der Waals surface area contributed by atoms with Gasteiger partial charge in [-0.2, -0.15) is 0 Å². The molecule has 0 N–H and O–H groups in total. The van der Waals surface area contributed by atoms with Gasteiger partial charge in [0.05, 0.1) is 0 Å². The van der Waals surface area contributed by atoms with E-state index in [-0.39, 0.29) is 0 Å². The Bertz CT molecular complexity index is 388. The van der Waals surface area contributed by atoms with Crippen LogP contribution in [0.4, 0.5) is 0 Å². The van der Waals surface area contributed by atoms with Gasteiger partial charge in [-0.1, -0.05) is 43.7 Å². The molecular formula is C17H26S. The van der Waals surface area contributed by atoms with Gasteiger partial charge in [0.25, 0.3) is 0 Å². The number of hydrogen-bond donors (Lipinski definition) is 0. The Morgan fingerprint density at radius 2 is 1.94 bits per heavy atom. The molecule has 0 saturated carbocycles. The van der Waals surface area contributed by atoms with Crippen LogP contribution in [0.5, 0.6) is 0 Å². The first-order valence-corrected chi connectivity index (χ1v) is 7.79. The highest BCUT2D eigenvalue weighted by Gasteiger charge is 2.16. The summed E-state index contributed by atoms with van der Waals surface area (Å²) in [5, 5.41) is 0.647. The molecule has 0 saturated heterocycles. The van der Waals surface area contributed by atoms with Crippen LogP contribution in [0.3, 0.4) is 0 Å². The molecule has 18 heavy (non-hydrogen) atoms. The third kappa shape index (κ3) is 4.89. The van der Waals surface area contributed by atoms with Crippen LogP contribution in [0, 0.1) is 0 Å². The molecule has 0 heterocycles. The minimum atomic E-state index is 0.647. The van der Waals surface area contributed by atoms with Crippen molar-refractivity contribution in [3.8, 4) is 0 Å². The molecule has 0 nitrogen and oxygen atoms in total. The topological polar surface area (TPSA) is 0 Å². The van der Waals surface area contributed by atoms with Crippen molar-refractivity contribution in [1.82, 2.24) is 0 Å². The first-order valence-electron chi connectivity index (χ1n) is 6.91. The van der Waals surface area contributed by atoms with Gasteiger partial charge in [0.1, 0.15) is 0 Å². The first-order chi connectivity index (χ1) is 8.54. The van der Waals surface area contributed by atoms with Crippen molar-refractivity contribution in [2.45, 2.75) is 59.1 Å². The molecule has 0 radical (unpaired) electrons. The maximum absolute atomic E-state index is 2.32. The van der Waals surface area contributed by atoms with Crippen molar-refractivity contribution in [2.75, 3.05) is 0 Å². The van der Waals surface area contributed by atoms with Crippen LogP contribution in [0.25, 0.3) is 0 Å². The lowest BCUT2D eigenvalue weighted by Gasteiger charge is -2.22. The van der Waals surface area contributed by atoms with Gasteiger partial charge >= 0.3 is 0 Å². The number of thioether (sulfide) groups is 1. The van der Waals surface area contributed by atoms with E-state index in [4.69, 9.17) is 0 Å². The fourth-order valence-corrected chi connectivity index (χ4v) is 3.19. The monoisotopic (exact) mass is 262 g/mol. The molecule has 0 aromatic rings. The van der Waals surface area contributed by atoms with Crippen LogP contribution in [0.15, 0.2) is 45.9 Å². The second kappa shape index (κ2) is 7.68.